The molecule has 2 aromatic carbocycles. The van der Waals surface area contributed by atoms with Crippen molar-refractivity contribution in [1.82, 2.24) is 14.8 Å². The summed E-state index contributed by atoms with van der Waals surface area (Å²) in [5, 5.41) is 8.26. The van der Waals surface area contributed by atoms with Crippen LogP contribution >= 0.6 is 0 Å². The standard InChI is InChI=1S/C20H23N5O2/c1-24(2)12-13-6-4-8-15(10-13)27-17-9-5-7-14-11-16(23-18(14)17)19(26)25(3)20(21)22/h4-11,23H,12H2,1-3H3,(H3,21,22). The Labute approximate surface area is 157 Å². The molecule has 4 N–H and O–H groups in total. The number of aromatic nitrogens is 1. The fraction of sp³-hybridized carbons (Fsp3) is 0.200. The molecule has 0 unspecified atom stereocenters. The molecule has 0 radical (unpaired) electrons. The van der Waals surface area contributed by atoms with Gasteiger partial charge in [0.15, 0.2) is 11.7 Å². The maximum absolute atomic E-state index is 12.4. The highest BCUT2D eigenvalue weighted by Gasteiger charge is 2.17. The minimum Gasteiger partial charge on any atom is -0.455 e. The van der Waals surface area contributed by atoms with E-state index in [1.54, 1.807) is 6.07 Å². The van der Waals surface area contributed by atoms with E-state index in [9.17, 15) is 4.79 Å². The summed E-state index contributed by atoms with van der Waals surface area (Å²) in [6, 6.07) is 15.3. The molecule has 1 amide bonds. The van der Waals surface area contributed by atoms with E-state index in [1.807, 2.05) is 50.5 Å². The summed E-state index contributed by atoms with van der Waals surface area (Å²) >= 11 is 0. The molecule has 3 rings (SSSR count). The van der Waals surface area contributed by atoms with Crippen molar-refractivity contribution in [3.05, 3.63) is 59.8 Å². The summed E-state index contributed by atoms with van der Waals surface area (Å²) < 4.78 is 6.07. The van der Waals surface area contributed by atoms with Crippen molar-refractivity contribution in [2.75, 3.05) is 21.1 Å². The van der Waals surface area contributed by atoms with Gasteiger partial charge in [-0.15, -0.1) is 0 Å². The first-order chi connectivity index (χ1) is 12.8. The van der Waals surface area contributed by atoms with E-state index in [1.165, 1.54) is 7.05 Å². The molecule has 140 valence electrons. The van der Waals surface area contributed by atoms with Gasteiger partial charge in [0.1, 0.15) is 11.4 Å². The van der Waals surface area contributed by atoms with Crippen LogP contribution in [-0.2, 0) is 6.54 Å². The largest absolute Gasteiger partial charge is 0.455 e. The molecular formula is C20H23N5O2. The predicted octanol–water partition coefficient (Wildman–Crippen LogP) is 2.99. The van der Waals surface area contributed by atoms with E-state index in [-0.39, 0.29) is 11.9 Å². The number of nitrogens with one attached hydrogen (secondary N) is 2. The van der Waals surface area contributed by atoms with Crippen LogP contribution in [-0.4, -0.2) is 47.8 Å². The molecule has 0 fully saturated rings. The van der Waals surface area contributed by atoms with Gasteiger partial charge in [0, 0.05) is 19.0 Å². The van der Waals surface area contributed by atoms with Crippen LogP contribution in [0.2, 0.25) is 0 Å². The number of aromatic amines is 1. The second-order valence-electron chi connectivity index (χ2n) is 6.64. The average Bonchev–Trinajstić information content (AvgIpc) is 3.05. The lowest BCUT2D eigenvalue weighted by Crippen LogP contribution is -2.38. The molecule has 0 aliphatic heterocycles. The van der Waals surface area contributed by atoms with Gasteiger partial charge in [-0.1, -0.05) is 24.3 Å². The number of ether oxygens (including phenoxy) is 1. The summed E-state index contributed by atoms with van der Waals surface area (Å²) in [5.74, 6) is 0.662. The van der Waals surface area contributed by atoms with Gasteiger partial charge >= 0.3 is 0 Å². The number of carbonyl (C=O) groups is 1. The van der Waals surface area contributed by atoms with Crippen molar-refractivity contribution in [3.63, 3.8) is 0 Å². The molecule has 3 aromatic rings. The van der Waals surface area contributed by atoms with E-state index in [0.717, 1.165) is 33.7 Å². The number of hydrogen-bond donors (Lipinski definition) is 3. The van der Waals surface area contributed by atoms with Gasteiger partial charge in [-0.25, -0.2) is 0 Å². The van der Waals surface area contributed by atoms with E-state index in [2.05, 4.69) is 16.0 Å². The Morgan fingerprint density at radius 2 is 1.89 bits per heavy atom. The molecule has 0 aliphatic carbocycles. The molecule has 0 saturated heterocycles. The number of fused-ring (bicyclic) bond motifs is 1. The monoisotopic (exact) mass is 365 g/mol. The van der Waals surface area contributed by atoms with Crippen molar-refractivity contribution < 1.29 is 9.53 Å². The number of amides is 1. The van der Waals surface area contributed by atoms with E-state index < -0.39 is 0 Å². The summed E-state index contributed by atoms with van der Waals surface area (Å²) in [6.07, 6.45) is 0. The van der Waals surface area contributed by atoms with Crippen LogP contribution in [0.25, 0.3) is 10.9 Å². The van der Waals surface area contributed by atoms with Crippen LogP contribution in [0.15, 0.2) is 48.5 Å². The smallest absolute Gasteiger partial charge is 0.276 e. The molecule has 1 heterocycles. The SMILES string of the molecule is CN(C)Cc1cccc(Oc2cccc3cc(C(=O)N(C)C(=N)N)[nH]c23)c1. The molecule has 0 bridgehead atoms. The lowest BCUT2D eigenvalue weighted by Gasteiger charge is -2.13. The van der Waals surface area contributed by atoms with E-state index >= 15 is 0 Å². The number of H-pyrrole nitrogens is 1. The molecule has 0 spiro atoms. The number of rotatable bonds is 5. The van der Waals surface area contributed by atoms with Gasteiger partial charge in [0.2, 0.25) is 0 Å². The average molecular weight is 365 g/mol. The second kappa shape index (κ2) is 7.51. The topological polar surface area (TPSA) is 98.4 Å². The predicted molar refractivity (Wildman–Crippen MR) is 106 cm³/mol. The van der Waals surface area contributed by atoms with Crippen LogP contribution < -0.4 is 10.5 Å². The van der Waals surface area contributed by atoms with Crippen LogP contribution in [0.4, 0.5) is 0 Å². The molecular weight excluding hydrogens is 342 g/mol. The van der Waals surface area contributed by atoms with Crippen LogP contribution in [0.1, 0.15) is 16.1 Å². The van der Waals surface area contributed by atoms with Gasteiger partial charge in [-0.2, -0.15) is 0 Å². The first-order valence-electron chi connectivity index (χ1n) is 8.50. The Balaban J connectivity index is 1.92. The number of para-hydroxylation sites is 1. The van der Waals surface area contributed by atoms with Gasteiger partial charge in [0.25, 0.3) is 5.91 Å². The third kappa shape index (κ3) is 4.09. The zero-order chi connectivity index (χ0) is 19.6. The Bertz CT molecular complexity index is 993. The number of nitrogens with zero attached hydrogens (tertiary/aromatic N) is 2. The Morgan fingerprint density at radius 3 is 2.59 bits per heavy atom. The van der Waals surface area contributed by atoms with Crippen molar-refractivity contribution in [2.24, 2.45) is 5.73 Å². The summed E-state index contributed by atoms with van der Waals surface area (Å²) in [5.41, 5.74) is 7.61. The quantitative estimate of drug-likeness (QED) is 0.478. The normalized spacial score (nSPS) is 11.0. The van der Waals surface area contributed by atoms with Crippen LogP contribution in [0.5, 0.6) is 11.5 Å². The van der Waals surface area contributed by atoms with Gasteiger partial charge in [-0.05, 0) is 43.9 Å². The van der Waals surface area contributed by atoms with Gasteiger partial charge in [-0.3, -0.25) is 15.1 Å². The molecule has 0 atom stereocenters. The van der Waals surface area contributed by atoms with Crippen molar-refractivity contribution >= 4 is 22.8 Å². The van der Waals surface area contributed by atoms with Crippen molar-refractivity contribution in [2.45, 2.75) is 6.54 Å². The highest BCUT2D eigenvalue weighted by Crippen LogP contribution is 2.30. The zero-order valence-electron chi connectivity index (χ0n) is 15.6. The van der Waals surface area contributed by atoms with Crippen molar-refractivity contribution in [1.29, 1.82) is 5.41 Å². The van der Waals surface area contributed by atoms with E-state index in [4.69, 9.17) is 15.9 Å². The fourth-order valence-corrected chi connectivity index (χ4v) is 2.82. The number of benzene rings is 2. The molecule has 1 aromatic heterocycles. The third-order valence-corrected chi connectivity index (χ3v) is 4.14. The maximum atomic E-state index is 12.4. The highest BCUT2D eigenvalue weighted by atomic mass is 16.5. The number of guanidine groups is 1. The summed E-state index contributed by atoms with van der Waals surface area (Å²) in [7, 11) is 5.50. The minimum absolute atomic E-state index is 0.312. The van der Waals surface area contributed by atoms with Crippen molar-refractivity contribution in [3.8, 4) is 11.5 Å². The summed E-state index contributed by atoms with van der Waals surface area (Å²) in [4.78, 5) is 18.7. The molecule has 0 saturated carbocycles. The van der Waals surface area contributed by atoms with Crippen LogP contribution in [0.3, 0.4) is 0 Å². The third-order valence-electron chi connectivity index (χ3n) is 4.14. The lowest BCUT2D eigenvalue weighted by atomic mass is 10.2. The first kappa shape index (κ1) is 18.5. The molecule has 0 aliphatic rings. The molecule has 7 nitrogen and oxygen atoms in total. The lowest BCUT2D eigenvalue weighted by molar-refractivity contribution is 0.0864. The Morgan fingerprint density at radius 1 is 1.15 bits per heavy atom. The summed E-state index contributed by atoms with van der Waals surface area (Å²) in [6.45, 7) is 0.819. The fourth-order valence-electron chi connectivity index (χ4n) is 2.82. The van der Waals surface area contributed by atoms with Crippen LogP contribution in [0, 0.1) is 5.41 Å². The van der Waals surface area contributed by atoms with Gasteiger partial charge < -0.3 is 20.4 Å². The number of hydrogen-bond acceptors (Lipinski definition) is 4. The minimum atomic E-state index is -0.377. The molecule has 7 heteroatoms. The highest BCUT2D eigenvalue weighted by molar-refractivity contribution is 6.06. The number of carbonyl (C=O) groups excluding carboxylic acids is 1. The van der Waals surface area contributed by atoms with Gasteiger partial charge in [0.05, 0.1) is 5.52 Å². The Kier molecular flexibility index (Phi) is 5.14. The first-order valence-corrected chi connectivity index (χ1v) is 8.50. The second-order valence-corrected chi connectivity index (χ2v) is 6.64. The maximum Gasteiger partial charge on any atom is 0.276 e. The van der Waals surface area contributed by atoms with E-state index in [0.29, 0.717) is 11.4 Å². The molecule has 27 heavy (non-hydrogen) atoms. The number of nitrogens with two attached hydrogens (primary N) is 1. The zero-order valence-corrected chi connectivity index (χ0v) is 15.6. The Hall–Kier alpha value is -3.32.